The molecule has 0 N–H and O–H groups in total. The van der Waals surface area contributed by atoms with Gasteiger partial charge in [-0.25, -0.2) is 0 Å². The summed E-state index contributed by atoms with van der Waals surface area (Å²) in [5.41, 5.74) is 2.44. The fourth-order valence-electron chi connectivity index (χ4n) is 11.9. The topological polar surface area (TPSA) is 73.8 Å². The summed E-state index contributed by atoms with van der Waals surface area (Å²) >= 11 is 0. The monoisotopic (exact) mass is 799 g/mol. The maximum absolute atomic E-state index is 6.96. The van der Waals surface area contributed by atoms with Crippen molar-refractivity contribution in [1.82, 2.24) is 0 Å². The van der Waals surface area contributed by atoms with Crippen LogP contribution in [0.4, 0.5) is 0 Å². The average molecular weight is 799 g/mol. The summed E-state index contributed by atoms with van der Waals surface area (Å²) in [6.45, 7) is 32.5. The Morgan fingerprint density at radius 3 is 2.23 bits per heavy atom. The van der Waals surface area contributed by atoms with Gasteiger partial charge in [-0.15, -0.1) is 6.58 Å². The summed E-state index contributed by atoms with van der Waals surface area (Å²) in [6, 6.07) is 3.61. The van der Waals surface area contributed by atoms with Gasteiger partial charge in [0.1, 0.15) is 18.3 Å². The van der Waals surface area contributed by atoms with E-state index in [9.17, 15) is 0 Å². The van der Waals surface area contributed by atoms with E-state index in [2.05, 4.69) is 75.1 Å². The second-order valence-electron chi connectivity index (χ2n) is 19.4. The van der Waals surface area contributed by atoms with Crippen molar-refractivity contribution in [1.29, 1.82) is 0 Å². The van der Waals surface area contributed by atoms with Crippen molar-refractivity contribution in [3.05, 3.63) is 37.0 Å². The highest BCUT2D eigenvalue weighted by Gasteiger charge is 2.67. The average Bonchev–Trinajstić information content (AvgIpc) is 3.85. The van der Waals surface area contributed by atoms with E-state index in [-0.39, 0.29) is 79.2 Å². The van der Waals surface area contributed by atoms with Crippen LogP contribution in [0.15, 0.2) is 37.0 Å². The molecule has 0 spiro atoms. The van der Waals surface area contributed by atoms with Crippen LogP contribution in [-0.4, -0.2) is 94.0 Å². The van der Waals surface area contributed by atoms with Crippen molar-refractivity contribution in [3.8, 4) is 0 Å². The molecule has 8 nitrogen and oxygen atoms in total. The summed E-state index contributed by atoms with van der Waals surface area (Å²) < 4.78 is 54.0. The molecule has 6 bridgehead atoms. The molecule has 3 unspecified atom stereocenters. The minimum absolute atomic E-state index is 0.0261. The Bertz CT molecular complexity index is 1360. The first-order chi connectivity index (χ1) is 26.9. The van der Waals surface area contributed by atoms with Crippen molar-refractivity contribution in [2.45, 2.75) is 223 Å². The van der Waals surface area contributed by atoms with Crippen LogP contribution >= 0.6 is 0 Å². The summed E-state index contributed by atoms with van der Waals surface area (Å²) in [5, 5.41) is 0. The Kier molecular flexibility index (Phi) is 13.9. The Morgan fingerprint density at radius 2 is 1.52 bits per heavy atom. The highest BCUT2D eigenvalue weighted by Crippen LogP contribution is 2.54. The largest absolute Gasteiger partial charge is 0.417 e. The lowest BCUT2D eigenvalue weighted by Gasteiger charge is -2.42. The van der Waals surface area contributed by atoms with E-state index in [0.29, 0.717) is 23.7 Å². The molecule has 8 rings (SSSR count). The lowest BCUT2D eigenvalue weighted by Crippen LogP contribution is -2.54. The molecule has 0 amide bonds. The van der Waals surface area contributed by atoms with E-state index in [1.54, 1.807) is 0 Å². The lowest BCUT2D eigenvalue weighted by molar-refractivity contribution is -0.262. The third kappa shape index (κ3) is 8.65. The second kappa shape index (κ2) is 18.0. The van der Waals surface area contributed by atoms with E-state index >= 15 is 0 Å². The maximum Gasteiger partial charge on any atom is 0.191 e. The van der Waals surface area contributed by atoms with Gasteiger partial charge in [-0.2, -0.15) is 0 Å². The molecular weight excluding hydrogens is 721 g/mol. The van der Waals surface area contributed by atoms with E-state index < -0.39 is 14.1 Å². The molecular formula is C47H78O8Si. The van der Waals surface area contributed by atoms with Crippen LogP contribution in [0.5, 0.6) is 0 Å². The molecule has 0 saturated carbocycles. The lowest BCUT2D eigenvalue weighted by atomic mass is 9.80. The quantitative estimate of drug-likeness (QED) is 0.0945. The molecule has 318 valence electrons. The Labute approximate surface area is 341 Å². The molecule has 8 aliphatic heterocycles. The highest BCUT2D eigenvalue weighted by atomic mass is 28.4. The van der Waals surface area contributed by atoms with E-state index in [0.717, 1.165) is 77.2 Å². The summed E-state index contributed by atoms with van der Waals surface area (Å²) in [5.74, 6) is 1.57. The second-order valence-corrected chi connectivity index (χ2v) is 24.2. The molecule has 56 heavy (non-hydrogen) atoms. The third-order valence-electron chi connectivity index (χ3n) is 15.9. The molecule has 9 heteroatoms. The van der Waals surface area contributed by atoms with Crippen LogP contribution in [0.3, 0.4) is 0 Å². The first-order valence-corrected chi connectivity index (χ1v) is 25.6. The minimum Gasteiger partial charge on any atom is -0.417 e. The van der Waals surface area contributed by atoms with Gasteiger partial charge in [-0.1, -0.05) is 81.0 Å². The molecule has 0 aromatic carbocycles. The zero-order valence-electron chi connectivity index (χ0n) is 36.4. The fraction of sp³-hybridized carbons (Fsp3) is 0.872. The third-order valence-corrected chi connectivity index (χ3v) is 20.5. The number of rotatable bonds is 19. The molecule has 8 aliphatic rings. The van der Waals surface area contributed by atoms with Gasteiger partial charge in [0.05, 0.1) is 54.9 Å². The first kappa shape index (κ1) is 43.2. The molecule has 8 saturated heterocycles. The van der Waals surface area contributed by atoms with Crippen molar-refractivity contribution in [2.24, 2.45) is 29.6 Å². The maximum atomic E-state index is 6.96. The Morgan fingerprint density at radius 1 is 0.804 bits per heavy atom. The smallest absolute Gasteiger partial charge is 0.191 e. The summed E-state index contributed by atoms with van der Waals surface area (Å²) in [6.07, 6.45) is 12.9. The molecule has 0 aromatic heterocycles. The SMILES string of the molecule is C=CC[C@@H]1O[C@H]2[C@H]3O[C@]4(CC[C@H]5CC(=C)C(CC[C@H]6C[C@@H](C)C(=C)C(C[C@@H]7O[C@H](C[C@H](C)CO[Si](CC)(CC)CC)[C@H](C)[C@H]7CC)O6)O5)C[C@H]3O[C@H]2C(O4)[C@H]1C. The fourth-order valence-corrected chi connectivity index (χ4v) is 14.7. The van der Waals surface area contributed by atoms with Gasteiger partial charge in [-0.3, -0.25) is 0 Å². The van der Waals surface area contributed by atoms with Crippen molar-refractivity contribution >= 4 is 8.32 Å². The normalized spacial score (nSPS) is 45.1. The minimum atomic E-state index is -1.58. The van der Waals surface area contributed by atoms with Gasteiger partial charge in [0, 0.05) is 31.8 Å². The predicted octanol–water partition coefficient (Wildman–Crippen LogP) is 10.1. The molecule has 8 heterocycles. The van der Waals surface area contributed by atoms with Crippen LogP contribution in [0.2, 0.25) is 18.1 Å². The van der Waals surface area contributed by atoms with Crippen LogP contribution < -0.4 is 0 Å². The van der Waals surface area contributed by atoms with E-state index in [1.807, 2.05) is 6.08 Å². The van der Waals surface area contributed by atoms with Gasteiger partial charge in [0.15, 0.2) is 14.1 Å². The number of hydrogen-bond acceptors (Lipinski definition) is 8. The zero-order valence-corrected chi connectivity index (χ0v) is 37.4. The first-order valence-electron chi connectivity index (χ1n) is 23.1. The van der Waals surface area contributed by atoms with Gasteiger partial charge in [0.25, 0.3) is 0 Å². The van der Waals surface area contributed by atoms with Crippen LogP contribution in [0, 0.1) is 29.6 Å². The van der Waals surface area contributed by atoms with Gasteiger partial charge < -0.3 is 37.6 Å². The molecule has 0 aromatic rings. The van der Waals surface area contributed by atoms with Gasteiger partial charge in [0.2, 0.25) is 0 Å². The van der Waals surface area contributed by atoms with E-state index in [4.69, 9.17) is 37.6 Å². The Hall–Kier alpha value is -0.883. The predicted molar refractivity (Wildman–Crippen MR) is 224 cm³/mol. The van der Waals surface area contributed by atoms with Crippen LogP contribution in [0.25, 0.3) is 0 Å². The van der Waals surface area contributed by atoms with Gasteiger partial charge >= 0.3 is 0 Å². The van der Waals surface area contributed by atoms with Gasteiger partial charge in [-0.05, 0) is 97.9 Å². The summed E-state index contributed by atoms with van der Waals surface area (Å²) in [4.78, 5) is 0. The Balaban J connectivity index is 0.886. The molecule has 8 fully saturated rings. The standard InChI is InChI=1S/C47H78O8Si/c1-12-17-38-33(11)43-45-46(52-38)44-42(53-45)26-47(54-43,55-44)21-20-35-24-30(8)37(49-35)19-18-34-23-29(7)31(9)40(50-34)25-41-36(13-2)32(10)39(51-41)22-28(6)27-48-56(14-3,15-4)16-5/h12,28-29,32-46H,1,8-9,13-27H2,2-7,10-11H3/t28-,29+,32+,33-,34-,35-,36+,37?,38-,39+,40?,41-,42+,43?,44-,45-,46-,47+/m0/s1. The molecule has 0 radical (unpaired) electrons. The summed E-state index contributed by atoms with van der Waals surface area (Å²) in [7, 11) is -1.58. The molecule has 18 atom stereocenters. The van der Waals surface area contributed by atoms with Crippen molar-refractivity contribution in [2.75, 3.05) is 6.61 Å². The van der Waals surface area contributed by atoms with Crippen molar-refractivity contribution in [3.63, 3.8) is 0 Å². The van der Waals surface area contributed by atoms with Crippen LogP contribution in [0.1, 0.15) is 126 Å². The number of hydrogen-bond donors (Lipinski definition) is 0. The molecule has 0 aliphatic carbocycles. The highest BCUT2D eigenvalue weighted by molar-refractivity contribution is 6.73. The van der Waals surface area contributed by atoms with Crippen LogP contribution in [-0.2, 0) is 37.6 Å². The number of ether oxygens (including phenoxy) is 7. The van der Waals surface area contributed by atoms with Crippen molar-refractivity contribution < 1.29 is 37.6 Å². The zero-order chi connectivity index (χ0) is 39.9. The van der Waals surface area contributed by atoms with E-state index in [1.165, 1.54) is 29.3 Å².